The van der Waals surface area contributed by atoms with Crippen molar-refractivity contribution in [3.8, 4) is 28.5 Å². The van der Waals surface area contributed by atoms with Gasteiger partial charge in [0.15, 0.2) is 0 Å². The molecule has 0 bridgehead atoms. The fourth-order valence-electron chi connectivity index (χ4n) is 2.55. The van der Waals surface area contributed by atoms with Gasteiger partial charge in [-0.25, -0.2) is 4.98 Å². The molecule has 0 saturated carbocycles. The summed E-state index contributed by atoms with van der Waals surface area (Å²) in [5, 5.41) is 0.948. The predicted octanol–water partition coefficient (Wildman–Crippen LogP) is 3.93. The molecule has 0 N–H and O–H groups in total. The van der Waals surface area contributed by atoms with Crippen LogP contribution in [0, 0.1) is 0 Å². The molecule has 112 valence electrons. The Morgan fingerprint density at radius 1 is 0.818 bits per heavy atom. The van der Waals surface area contributed by atoms with E-state index in [0.29, 0.717) is 5.88 Å². The minimum atomic E-state index is 0.531. The lowest BCUT2D eigenvalue weighted by Gasteiger charge is -2.15. The van der Waals surface area contributed by atoms with Crippen LogP contribution in [0.1, 0.15) is 0 Å². The van der Waals surface area contributed by atoms with Gasteiger partial charge in [0.1, 0.15) is 11.5 Å². The van der Waals surface area contributed by atoms with E-state index in [1.54, 1.807) is 21.3 Å². The Bertz CT molecular complexity index is 815. The maximum Gasteiger partial charge on any atom is 0.225 e. The molecular weight excluding hydrogens is 278 g/mol. The number of nitrogens with zero attached hydrogens (tertiary/aromatic N) is 1. The molecule has 0 spiro atoms. The molecule has 0 aliphatic heterocycles. The number of benzene rings is 2. The average molecular weight is 295 g/mol. The molecule has 0 radical (unpaired) electrons. The third-order valence-electron chi connectivity index (χ3n) is 3.57. The number of ether oxygens (including phenoxy) is 3. The summed E-state index contributed by atoms with van der Waals surface area (Å²) in [6.45, 7) is 0. The van der Waals surface area contributed by atoms with Gasteiger partial charge in [-0.1, -0.05) is 24.3 Å². The quantitative estimate of drug-likeness (QED) is 0.731. The smallest absolute Gasteiger partial charge is 0.225 e. The van der Waals surface area contributed by atoms with Gasteiger partial charge in [0, 0.05) is 5.39 Å². The first-order chi connectivity index (χ1) is 10.8. The maximum atomic E-state index is 5.67. The topological polar surface area (TPSA) is 40.6 Å². The van der Waals surface area contributed by atoms with Gasteiger partial charge in [0.05, 0.1) is 32.4 Å². The second kappa shape index (κ2) is 5.93. The first-order valence-electron chi connectivity index (χ1n) is 6.93. The van der Waals surface area contributed by atoms with Crippen LogP contribution >= 0.6 is 0 Å². The molecule has 0 saturated heterocycles. The summed E-state index contributed by atoms with van der Waals surface area (Å²) in [6.07, 6.45) is 0. The van der Waals surface area contributed by atoms with Crippen LogP contribution in [0.15, 0.2) is 48.5 Å². The monoisotopic (exact) mass is 295 g/mol. The van der Waals surface area contributed by atoms with Crippen molar-refractivity contribution in [2.75, 3.05) is 21.3 Å². The fourth-order valence-corrected chi connectivity index (χ4v) is 2.55. The first-order valence-corrected chi connectivity index (χ1v) is 6.93. The number of rotatable bonds is 4. The summed E-state index contributed by atoms with van der Waals surface area (Å²) in [6, 6.07) is 15.6. The zero-order valence-electron chi connectivity index (χ0n) is 12.8. The molecular formula is C18H17NO3. The minimum absolute atomic E-state index is 0.531. The van der Waals surface area contributed by atoms with Crippen molar-refractivity contribution in [2.24, 2.45) is 0 Å². The Labute approximate surface area is 129 Å². The lowest BCUT2D eigenvalue weighted by molar-refractivity contribution is 0.389. The van der Waals surface area contributed by atoms with Crippen LogP contribution in [-0.4, -0.2) is 26.3 Å². The highest BCUT2D eigenvalue weighted by Gasteiger charge is 2.18. The number of pyridine rings is 1. The fraction of sp³-hybridized carbons (Fsp3) is 0.167. The van der Waals surface area contributed by atoms with Crippen molar-refractivity contribution in [2.45, 2.75) is 0 Å². The summed E-state index contributed by atoms with van der Waals surface area (Å²) >= 11 is 0. The zero-order chi connectivity index (χ0) is 15.5. The molecule has 0 amide bonds. The molecule has 4 heteroatoms. The summed E-state index contributed by atoms with van der Waals surface area (Å²) in [4.78, 5) is 4.59. The van der Waals surface area contributed by atoms with E-state index in [4.69, 9.17) is 14.2 Å². The van der Waals surface area contributed by atoms with Gasteiger partial charge in [-0.3, -0.25) is 0 Å². The van der Waals surface area contributed by atoms with E-state index >= 15 is 0 Å². The van der Waals surface area contributed by atoms with E-state index in [9.17, 15) is 0 Å². The lowest BCUT2D eigenvalue weighted by atomic mass is 10.0. The summed E-state index contributed by atoms with van der Waals surface area (Å²) in [5.74, 6) is 2.05. The molecule has 3 rings (SSSR count). The third-order valence-corrected chi connectivity index (χ3v) is 3.57. The number of para-hydroxylation sites is 1. The highest BCUT2D eigenvalue weighted by Crippen LogP contribution is 2.42. The molecule has 3 aromatic rings. The summed E-state index contributed by atoms with van der Waals surface area (Å²) in [5.41, 5.74) is 2.59. The van der Waals surface area contributed by atoms with Gasteiger partial charge in [-0.2, -0.15) is 0 Å². The Morgan fingerprint density at radius 3 is 2.36 bits per heavy atom. The van der Waals surface area contributed by atoms with Crippen LogP contribution in [0.5, 0.6) is 17.4 Å². The molecule has 1 aromatic heterocycles. The second-order valence-corrected chi connectivity index (χ2v) is 4.78. The highest BCUT2D eigenvalue weighted by molar-refractivity contribution is 5.94. The van der Waals surface area contributed by atoms with E-state index in [0.717, 1.165) is 33.5 Å². The van der Waals surface area contributed by atoms with Crippen molar-refractivity contribution in [1.82, 2.24) is 4.98 Å². The number of hydrogen-bond acceptors (Lipinski definition) is 4. The Balaban J connectivity index is 2.35. The van der Waals surface area contributed by atoms with Gasteiger partial charge >= 0.3 is 0 Å². The normalized spacial score (nSPS) is 10.5. The number of hydrogen-bond donors (Lipinski definition) is 0. The van der Waals surface area contributed by atoms with E-state index < -0.39 is 0 Å². The van der Waals surface area contributed by atoms with Crippen LogP contribution in [-0.2, 0) is 0 Å². The summed E-state index contributed by atoms with van der Waals surface area (Å²) < 4.78 is 16.5. The van der Waals surface area contributed by atoms with Gasteiger partial charge in [0.2, 0.25) is 5.88 Å². The van der Waals surface area contributed by atoms with Gasteiger partial charge in [-0.15, -0.1) is 0 Å². The van der Waals surface area contributed by atoms with Crippen molar-refractivity contribution in [3.63, 3.8) is 0 Å². The predicted molar refractivity (Wildman–Crippen MR) is 86.8 cm³/mol. The van der Waals surface area contributed by atoms with Crippen molar-refractivity contribution >= 4 is 10.9 Å². The molecule has 2 aromatic carbocycles. The largest absolute Gasteiger partial charge is 0.497 e. The maximum absolute atomic E-state index is 5.67. The van der Waals surface area contributed by atoms with Crippen LogP contribution in [0.2, 0.25) is 0 Å². The second-order valence-electron chi connectivity index (χ2n) is 4.78. The van der Waals surface area contributed by atoms with E-state index in [-0.39, 0.29) is 0 Å². The van der Waals surface area contributed by atoms with Crippen molar-refractivity contribution in [3.05, 3.63) is 48.5 Å². The summed E-state index contributed by atoms with van der Waals surface area (Å²) in [7, 11) is 4.91. The van der Waals surface area contributed by atoms with Crippen molar-refractivity contribution < 1.29 is 14.2 Å². The molecule has 22 heavy (non-hydrogen) atoms. The van der Waals surface area contributed by atoms with Gasteiger partial charge in [0.25, 0.3) is 0 Å². The zero-order valence-corrected chi connectivity index (χ0v) is 12.8. The average Bonchev–Trinajstić information content (AvgIpc) is 2.59. The lowest BCUT2D eigenvalue weighted by Crippen LogP contribution is -1.98. The molecule has 0 aliphatic rings. The van der Waals surface area contributed by atoms with Gasteiger partial charge in [-0.05, 0) is 29.8 Å². The molecule has 0 atom stereocenters. The first kappa shape index (κ1) is 14.2. The number of methoxy groups -OCH3 is 3. The molecule has 0 aliphatic carbocycles. The van der Waals surface area contributed by atoms with E-state index in [1.807, 2.05) is 48.5 Å². The Kier molecular flexibility index (Phi) is 3.83. The molecule has 1 heterocycles. The Morgan fingerprint density at radius 2 is 1.64 bits per heavy atom. The number of fused-ring (bicyclic) bond motifs is 1. The van der Waals surface area contributed by atoms with Crippen LogP contribution in [0.25, 0.3) is 22.0 Å². The van der Waals surface area contributed by atoms with Crippen molar-refractivity contribution in [1.29, 1.82) is 0 Å². The minimum Gasteiger partial charge on any atom is -0.497 e. The van der Waals surface area contributed by atoms with E-state index in [2.05, 4.69) is 4.98 Å². The van der Waals surface area contributed by atoms with Gasteiger partial charge < -0.3 is 14.2 Å². The Hall–Kier alpha value is -2.75. The molecule has 4 nitrogen and oxygen atoms in total. The molecule has 0 unspecified atom stereocenters. The van der Waals surface area contributed by atoms with Crippen LogP contribution < -0.4 is 14.2 Å². The number of aromatic nitrogens is 1. The van der Waals surface area contributed by atoms with Crippen LogP contribution in [0.4, 0.5) is 0 Å². The SMILES string of the molecule is COc1cccc(-c2c(OC)nc3ccccc3c2OC)c1. The third kappa shape index (κ3) is 2.33. The standard InChI is InChI=1S/C18H17NO3/c1-20-13-8-6-7-12(11-13)16-17(21-2)14-9-4-5-10-15(14)19-18(16)22-3/h4-11H,1-3H3. The highest BCUT2D eigenvalue weighted by atomic mass is 16.5. The van der Waals surface area contributed by atoms with E-state index in [1.165, 1.54) is 0 Å². The molecule has 0 fully saturated rings. The van der Waals surface area contributed by atoms with Crippen LogP contribution in [0.3, 0.4) is 0 Å².